The molecule has 0 N–H and O–H groups in total. The number of carbonyl (C=O) groups is 2. The third-order valence-electron chi connectivity index (χ3n) is 7.20. The van der Waals surface area contributed by atoms with Gasteiger partial charge in [0.1, 0.15) is 18.0 Å². The Morgan fingerprint density at radius 3 is 2.69 bits per heavy atom. The first-order valence-electron chi connectivity index (χ1n) is 13.3. The average molecular weight is 497 g/mol. The Hall–Kier alpha value is -2.28. The first kappa shape index (κ1) is 26.8. The zero-order valence-electron chi connectivity index (χ0n) is 21.6. The molecule has 4 aliphatic rings. The normalized spacial score (nSPS) is 37.8. The summed E-state index contributed by atoms with van der Waals surface area (Å²) in [5.74, 6) is 0.0938. The summed E-state index contributed by atoms with van der Waals surface area (Å²) in [6, 6.07) is 0. The van der Waals surface area contributed by atoms with Crippen molar-refractivity contribution in [2.75, 3.05) is 6.61 Å². The summed E-state index contributed by atoms with van der Waals surface area (Å²) in [5.41, 5.74) is 2.25. The number of fused-ring (bicyclic) bond motifs is 4. The van der Waals surface area contributed by atoms with Crippen LogP contribution in [0.15, 0.2) is 60.3 Å². The monoisotopic (exact) mass is 496 g/mol. The molecule has 0 radical (unpaired) electrons. The van der Waals surface area contributed by atoms with Gasteiger partial charge in [-0.25, -0.2) is 4.79 Å². The van der Waals surface area contributed by atoms with Crippen molar-refractivity contribution in [1.29, 1.82) is 0 Å². The van der Waals surface area contributed by atoms with Crippen LogP contribution >= 0.6 is 0 Å². The molecule has 0 saturated carbocycles. The number of ketones is 1. The molecule has 0 amide bonds. The molecule has 0 aliphatic carbocycles. The number of hydrogen-bond donors (Lipinski definition) is 0. The maximum absolute atomic E-state index is 12.8. The summed E-state index contributed by atoms with van der Waals surface area (Å²) in [6.45, 7) is 9.05. The van der Waals surface area contributed by atoms with Crippen LogP contribution in [0.4, 0.5) is 0 Å². The molecule has 2 unspecified atom stereocenters. The summed E-state index contributed by atoms with van der Waals surface area (Å²) < 4.78 is 24.0. The lowest BCUT2D eigenvalue weighted by molar-refractivity contribution is -0.144. The van der Waals surface area contributed by atoms with Gasteiger partial charge < -0.3 is 18.9 Å². The third kappa shape index (κ3) is 8.12. The van der Waals surface area contributed by atoms with Gasteiger partial charge >= 0.3 is 5.97 Å². The van der Waals surface area contributed by atoms with E-state index in [0.717, 1.165) is 31.3 Å². The second kappa shape index (κ2) is 12.8. The van der Waals surface area contributed by atoms with E-state index in [-0.39, 0.29) is 30.2 Å². The Kier molecular flexibility index (Phi) is 9.52. The van der Waals surface area contributed by atoms with Gasteiger partial charge in [0, 0.05) is 25.3 Å². The quantitative estimate of drug-likeness (QED) is 0.380. The van der Waals surface area contributed by atoms with Crippen molar-refractivity contribution in [1.82, 2.24) is 0 Å². The Bertz CT molecular complexity index is 928. The second-order valence-corrected chi connectivity index (χ2v) is 10.8. The molecule has 0 aromatic rings. The fourth-order valence-electron chi connectivity index (χ4n) is 5.51. The van der Waals surface area contributed by atoms with Crippen molar-refractivity contribution in [2.24, 2.45) is 5.92 Å². The topological polar surface area (TPSA) is 71.1 Å². The highest BCUT2D eigenvalue weighted by molar-refractivity contribution is 5.82. The highest BCUT2D eigenvalue weighted by Gasteiger charge is 2.37. The van der Waals surface area contributed by atoms with Gasteiger partial charge in [0.25, 0.3) is 0 Å². The Morgan fingerprint density at radius 1 is 1.00 bits per heavy atom. The van der Waals surface area contributed by atoms with E-state index in [1.54, 1.807) is 0 Å². The predicted molar refractivity (Wildman–Crippen MR) is 138 cm³/mol. The van der Waals surface area contributed by atoms with Crippen LogP contribution in [-0.4, -0.2) is 55.0 Å². The van der Waals surface area contributed by atoms with Gasteiger partial charge in [-0.3, -0.25) is 4.79 Å². The van der Waals surface area contributed by atoms with Gasteiger partial charge in [-0.1, -0.05) is 61.1 Å². The SMILES string of the molecule is C=C1CC(=O)CC2C[C@H](OC(=O)/C=C/C[C@@H]3C=CC[C@@H](C[C@@H](C)C1)O3)[C@H](/C=C/C1CC(C)=CCO1)O2. The number of hydrogen-bond acceptors (Lipinski definition) is 6. The lowest BCUT2D eigenvalue weighted by Crippen LogP contribution is -2.26. The summed E-state index contributed by atoms with van der Waals surface area (Å²) in [4.78, 5) is 25.5. The number of carbonyl (C=O) groups excluding carboxylic acids is 2. The van der Waals surface area contributed by atoms with Crippen LogP contribution < -0.4 is 0 Å². The van der Waals surface area contributed by atoms with E-state index in [0.29, 0.717) is 38.2 Å². The molecule has 7 atom stereocenters. The van der Waals surface area contributed by atoms with E-state index in [2.05, 4.69) is 38.7 Å². The highest BCUT2D eigenvalue weighted by Crippen LogP contribution is 2.30. The molecule has 4 bridgehead atoms. The molecule has 4 rings (SSSR count). The minimum Gasteiger partial charge on any atom is -0.456 e. The van der Waals surface area contributed by atoms with Crippen LogP contribution in [0.1, 0.15) is 65.2 Å². The fraction of sp³-hybridized carbons (Fsp3) is 0.600. The average Bonchev–Trinajstić information content (AvgIpc) is 3.17. The van der Waals surface area contributed by atoms with Crippen molar-refractivity contribution in [2.45, 2.75) is 102 Å². The Labute approximate surface area is 215 Å². The maximum Gasteiger partial charge on any atom is 0.330 e. The number of allylic oxidation sites excluding steroid dienone is 1. The van der Waals surface area contributed by atoms with E-state index < -0.39 is 18.2 Å². The minimum absolute atomic E-state index is 0.0253. The van der Waals surface area contributed by atoms with Gasteiger partial charge in [0.2, 0.25) is 0 Å². The van der Waals surface area contributed by atoms with E-state index in [1.807, 2.05) is 18.2 Å². The van der Waals surface area contributed by atoms with E-state index in [1.165, 1.54) is 11.6 Å². The Morgan fingerprint density at radius 2 is 1.86 bits per heavy atom. The summed E-state index contributed by atoms with van der Waals surface area (Å²) >= 11 is 0. The van der Waals surface area contributed by atoms with Crippen LogP contribution in [0.5, 0.6) is 0 Å². The van der Waals surface area contributed by atoms with Crippen molar-refractivity contribution in [3.63, 3.8) is 0 Å². The van der Waals surface area contributed by atoms with Crippen molar-refractivity contribution >= 4 is 11.8 Å². The predicted octanol–water partition coefficient (Wildman–Crippen LogP) is 5.34. The van der Waals surface area contributed by atoms with E-state index in [4.69, 9.17) is 18.9 Å². The molecule has 4 heterocycles. The molecule has 6 nitrogen and oxygen atoms in total. The molecule has 0 aromatic heterocycles. The summed E-state index contributed by atoms with van der Waals surface area (Å²) in [5, 5.41) is 0. The summed E-state index contributed by atoms with van der Waals surface area (Å²) in [7, 11) is 0. The van der Waals surface area contributed by atoms with Crippen LogP contribution in [0.2, 0.25) is 0 Å². The summed E-state index contributed by atoms with van der Waals surface area (Å²) in [6.07, 6.45) is 17.6. The standard InChI is InChI=1S/C30H40O6/c1-20-12-13-33-25(16-20)10-11-28-29-19-27(35-28)18-23(31)15-21(2)14-22(3)17-26-8-4-6-24(34-26)7-5-9-30(32)36-29/h4-6,9-12,22,24-29H,2,7-8,13-19H2,1,3H3/b9-5+,11-10+/t22-,24-,25?,26-,27?,28-,29-/m0/s1. The zero-order valence-corrected chi connectivity index (χ0v) is 21.6. The molecule has 6 heteroatoms. The maximum atomic E-state index is 12.8. The smallest absolute Gasteiger partial charge is 0.330 e. The minimum atomic E-state index is -0.450. The molecular formula is C30H40O6. The Balaban J connectivity index is 1.46. The zero-order chi connectivity index (χ0) is 25.5. The van der Waals surface area contributed by atoms with Gasteiger partial charge in [0.15, 0.2) is 0 Å². The largest absolute Gasteiger partial charge is 0.456 e. The van der Waals surface area contributed by atoms with Gasteiger partial charge in [-0.05, 0) is 44.9 Å². The lowest BCUT2D eigenvalue weighted by Gasteiger charge is -2.28. The fourth-order valence-corrected chi connectivity index (χ4v) is 5.51. The molecular weight excluding hydrogens is 456 g/mol. The highest BCUT2D eigenvalue weighted by atomic mass is 16.6. The molecule has 0 spiro atoms. The number of Topliss-reactive ketones (excluding diaryl/α,β-unsaturated/α-hetero) is 1. The van der Waals surface area contributed by atoms with Crippen molar-refractivity contribution in [3.05, 3.63) is 60.3 Å². The van der Waals surface area contributed by atoms with Crippen molar-refractivity contribution in [3.8, 4) is 0 Å². The van der Waals surface area contributed by atoms with Gasteiger partial charge in [-0.15, -0.1) is 0 Å². The van der Waals surface area contributed by atoms with E-state index >= 15 is 0 Å². The van der Waals surface area contributed by atoms with Crippen LogP contribution in [0.25, 0.3) is 0 Å². The first-order valence-corrected chi connectivity index (χ1v) is 13.3. The van der Waals surface area contributed by atoms with Crippen LogP contribution in [0, 0.1) is 5.92 Å². The molecule has 4 aliphatic heterocycles. The lowest BCUT2D eigenvalue weighted by atomic mass is 9.91. The molecule has 36 heavy (non-hydrogen) atoms. The van der Waals surface area contributed by atoms with Crippen LogP contribution in [-0.2, 0) is 28.5 Å². The number of rotatable bonds is 2. The van der Waals surface area contributed by atoms with Gasteiger partial charge in [0.05, 0.1) is 31.0 Å². The number of ether oxygens (including phenoxy) is 4. The molecule has 196 valence electrons. The molecule has 1 saturated heterocycles. The van der Waals surface area contributed by atoms with E-state index in [9.17, 15) is 9.59 Å². The molecule has 1 fully saturated rings. The second-order valence-electron chi connectivity index (χ2n) is 10.8. The van der Waals surface area contributed by atoms with Crippen molar-refractivity contribution < 1.29 is 28.5 Å². The third-order valence-corrected chi connectivity index (χ3v) is 7.20. The molecule has 0 aromatic carbocycles. The first-order chi connectivity index (χ1) is 17.3. The van der Waals surface area contributed by atoms with Crippen LogP contribution in [0.3, 0.4) is 0 Å². The van der Waals surface area contributed by atoms with Gasteiger partial charge in [-0.2, -0.15) is 0 Å². The number of esters is 1.